The summed E-state index contributed by atoms with van der Waals surface area (Å²) in [6.45, 7) is 1.63. The SMILES string of the molecule is Cc1ccc(NC(=O)c2ncsc2C(F)(F)F)c(=O)[nH]1. The fraction of sp³-hybridized carbons (Fsp3) is 0.182. The van der Waals surface area contributed by atoms with E-state index in [1.165, 1.54) is 12.1 Å². The average Bonchev–Trinajstić information content (AvgIpc) is 2.81. The van der Waals surface area contributed by atoms with Gasteiger partial charge in [-0.15, -0.1) is 11.3 Å². The van der Waals surface area contributed by atoms with E-state index in [9.17, 15) is 22.8 Å². The molecule has 2 rings (SSSR count). The van der Waals surface area contributed by atoms with Crippen LogP contribution in [0.25, 0.3) is 0 Å². The Bertz CT molecular complexity index is 705. The molecule has 0 radical (unpaired) electrons. The maximum Gasteiger partial charge on any atom is 0.427 e. The van der Waals surface area contributed by atoms with Crippen LogP contribution in [-0.2, 0) is 6.18 Å². The summed E-state index contributed by atoms with van der Waals surface area (Å²) in [5.74, 6) is -1.08. The summed E-state index contributed by atoms with van der Waals surface area (Å²) in [6.07, 6.45) is -4.66. The van der Waals surface area contributed by atoms with E-state index in [1.807, 2.05) is 0 Å². The molecule has 1 amide bonds. The molecule has 0 bridgehead atoms. The lowest BCUT2D eigenvalue weighted by Gasteiger charge is -2.07. The van der Waals surface area contributed by atoms with Gasteiger partial charge in [0.25, 0.3) is 11.5 Å². The number of aryl methyl sites for hydroxylation is 1. The van der Waals surface area contributed by atoms with Crippen LogP contribution in [0.5, 0.6) is 0 Å². The normalized spacial score (nSPS) is 11.4. The molecule has 0 fully saturated rings. The second kappa shape index (κ2) is 5.08. The van der Waals surface area contributed by atoms with Crippen LogP contribution in [0.4, 0.5) is 18.9 Å². The molecule has 0 saturated carbocycles. The van der Waals surface area contributed by atoms with Crippen LogP contribution < -0.4 is 10.9 Å². The maximum absolute atomic E-state index is 12.6. The molecule has 0 aromatic carbocycles. The van der Waals surface area contributed by atoms with Crippen molar-refractivity contribution in [2.45, 2.75) is 13.1 Å². The number of amides is 1. The molecule has 106 valence electrons. The molecule has 0 unspecified atom stereocenters. The van der Waals surface area contributed by atoms with E-state index in [4.69, 9.17) is 0 Å². The Balaban J connectivity index is 2.30. The highest BCUT2D eigenvalue weighted by Gasteiger charge is 2.38. The molecule has 0 aliphatic rings. The van der Waals surface area contributed by atoms with E-state index in [1.54, 1.807) is 6.92 Å². The smallest absolute Gasteiger partial charge is 0.325 e. The largest absolute Gasteiger partial charge is 0.427 e. The van der Waals surface area contributed by atoms with Gasteiger partial charge in [-0.25, -0.2) is 4.98 Å². The number of halogens is 3. The number of carbonyl (C=O) groups is 1. The highest BCUT2D eigenvalue weighted by atomic mass is 32.1. The first-order valence-corrected chi connectivity index (χ1v) is 6.19. The van der Waals surface area contributed by atoms with Gasteiger partial charge in [-0.05, 0) is 19.1 Å². The van der Waals surface area contributed by atoms with Crippen molar-refractivity contribution < 1.29 is 18.0 Å². The van der Waals surface area contributed by atoms with Crippen LogP contribution in [0.3, 0.4) is 0 Å². The van der Waals surface area contributed by atoms with Crippen molar-refractivity contribution >= 4 is 22.9 Å². The number of aromatic nitrogens is 2. The molecular formula is C11H8F3N3O2S. The van der Waals surface area contributed by atoms with Crippen LogP contribution in [0.15, 0.2) is 22.4 Å². The van der Waals surface area contributed by atoms with E-state index in [2.05, 4.69) is 15.3 Å². The lowest BCUT2D eigenvalue weighted by atomic mass is 10.3. The molecular weight excluding hydrogens is 295 g/mol. The predicted octanol–water partition coefficient (Wildman–Crippen LogP) is 2.41. The van der Waals surface area contributed by atoms with E-state index in [0.29, 0.717) is 17.0 Å². The maximum atomic E-state index is 12.6. The average molecular weight is 303 g/mol. The van der Waals surface area contributed by atoms with Gasteiger partial charge >= 0.3 is 6.18 Å². The van der Waals surface area contributed by atoms with Crippen molar-refractivity contribution in [1.82, 2.24) is 9.97 Å². The van der Waals surface area contributed by atoms with Gasteiger partial charge in [0.1, 0.15) is 10.6 Å². The summed E-state index contributed by atoms with van der Waals surface area (Å²) in [6, 6.07) is 2.83. The lowest BCUT2D eigenvalue weighted by Crippen LogP contribution is -2.22. The second-order valence-corrected chi connectivity index (χ2v) is 4.72. The Morgan fingerprint density at radius 2 is 2.10 bits per heavy atom. The van der Waals surface area contributed by atoms with E-state index in [0.717, 1.165) is 5.51 Å². The van der Waals surface area contributed by atoms with Crippen molar-refractivity contribution in [3.63, 3.8) is 0 Å². The summed E-state index contributed by atoms with van der Waals surface area (Å²) in [5.41, 5.74) is 0.0147. The summed E-state index contributed by atoms with van der Waals surface area (Å²) < 4.78 is 37.9. The molecule has 0 aliphatic carbocycles. The second-order valence-electron chi connectivity index (χ2n) is 3.87. The first-order valence-electron chi connectivity index (χ1n) is 5.31. The number of hydrogen-bond acceptors (Lipinski definition) is 4. The zero-order chi connectivity index (χ0) is 14.9. The van der Waals surface area contributed by atoms with Crippen LogP contribution in [0, 0.1) is 6.92 Å². The van der Waals surface area contributed by atoms with E-state index >= 15 is 0 Å². The molecule has 0 aliphatic heterocycles. The monoisotopic (exact) mass is 303 g/mol. The zero-order valence-electron chi connectivity index (χ0n) is 10.0. The number of aromatic amines is 1. The lowest BCUT2D eigenvalue weighted by molar-refractivity contribution is -0.134. The fourth-order valence-electron chi connectivity index (χ4n) is 1.46. The zero-order valence-corrected chi connectivity index (χ0v) is 10.9. The van der Waals surface area contributed by atoms with Gasteiger partial charge in [0.05, 0.1) is 5.51 Å². The Morgan fingerprint density at radius 1 is 1.40 bits per heavy atom. The van der Waals surface area contributed by atoms with Crippen molar-refractivity contribution in [3.05, 3.63) is 44.3 Å². The van der Waals surface area contributed by atoms with Crippen LogP contribution in [-0.4, -0.2) is 15.9 Å². The molecule has 0 spiro atoms. The first-order chi connectivity index (χ1) is 9.29. The fourth-order valence-corrected chi connectivity index (χ4v) is 2.12. The number of alkyl halides is 3. The molecule has 20 heavy (non-hydrogen) atoms. The summed E-state index contributed by atoms with van der Waals surface area (Å²) in [5, 5.41) is 2.11. The van der Waals surface area contributed by atoms with Crippen LogP contribution >= 0.6 is 11.3 Å². The van der Waals surface area contributed by atoms with Crippen molar-refractivity contribution in [2.75, 3.05) is 5.32 Å². The molecule has 2 heterocycles. The minimum atomic E-state index is -4.66. The van der Waals surface area contributed by atoms with Crippen molar-refractivity contribution in [1.29, 1.82) is 0 Å². The standard InChI is InChI=1S/C11H8F3N3O2S/c1-5-2-3-6(9(18)16-5)17-10(19)7-8(11(12,13)14)20-4-15-7/h2-4H,1H3,(H,16,18)(H,17,19). The first kappa shape index (κ1) is 14.3. The molecule has 0 saturated heterocycles. The number of nitrogens with one attached hydrogen (secondary N) is 2. The van der Waals surface area contributed by atoms with Gasteiger partial charge in [-0.2, -0.15) is 13.2 Å². The van der Waals surface area contributed by atoms with Crippen molar-refractivity contribution in [3.8, 4) is 0 Å². The Hall–Kier alpha value is -2.16. The van der Waals surface area contributed by atoms with Gasteiger partial charge in [0.2, 0.25) is 0 Å². The molecule has 0 atom stereocenters. The van der Waals surface area contributed by atoms with E-state index in [-0.39, 0.29) is 5.69 Å². The molecule has 2 aromatic heterocycles. The summed E-state index contributed by atoms with van der Waals surface area (Å²) >= 11 is 0.319. The molecule has 2 aromatic rings. The molecule has 5 nitrogen and oxygen atoms in total. The minimum absolute atomic E-state index is 0.137. The summed E-state index contributed by atoms with van der Waals surface area (Å²) in [7, 11) is 0. The summed E-state index contributed by atoms with van der Waals surface area (Å²) in [4.78, 5) is 28.0. The highest BCUT2D eigenvalue weighted by Crippen LogP contribution is 2.34. The number of anilines is 1. The number of thiazole rings is 1. The third-order valence-electron chi connectivity index (χ3n) is 2.34. The quantitative estimate of drug-likeness (QED) is 0.894. The number of rotatable bonds is 2. The van der Waals surface area contributed by atoms with Crippen LogP contribution in [0.2, 0.25) is 0 Å². The molecule has 2 N–H and O–H groups in total. The number of hydrogen-bond donors (Lipinski definition) is 2. The molecule has 9 heteroatoms. The topological polar surface area (TPSA) is 74.8 Å². The minimum Gasteiger partial charge on any atom is -0.325 e. The Morgan fingerprint density at radius 3 is 2.70 bits per heavy atom. The highest BCUT2D eigenvalue weighted by molar-refractivity contribution is 7.10. The third kappa shape index (κ3) is 2.87. The number of H-pyrrole nitrogens is 1. The number of pyridine rings is 1. The van der Waals surface area contributed by atoms with E-state index < -0.39 is 28.2 Å². The van der Waals surface area contributed by atoms with Crippen molar-refractivity contribution in [2.24, 2.45) is 0 Å². The van der Waals surface area contributed by atoms with Gasteiger partial charge in [0, 0.05) is 5.69 Å². The van der Waals surface area contributed by atoms with Gasteiger partial charge in [-0.1, -0.05) is 0 Å². The van der Waals surface area contributed by atoms with Gasteiger partial charge < -0.3 is 10.3 Å². The third-order valence-corrected chi connectivity index (χ3v) is 3.21. The van der Waals surface area contributed by atoms with Gasteiger partial charge in [0.15, 0.2) is 5.69 Å². The predicted molar refractivity (Wildman–Crippen MR) is 66.9 cm³/mol. The number of nitrogens with zero attached hydrogens (tertiary/aromatic N) is 1. The van der Waals surface area contributed by atoms with Crippen LogP contribution in [0.1, 0.15) is 21.1 Å². The Labute approximate surface area is 114 Å². The Kier molecular flexibility index (Phi) is 3.62. The number of carbonyl (C=O) groups excluding carboxylic acids is 1. The van der Waals surface area contributed by atoms with Gasteiger partial charge in [-0.3, -0.25) is 9.59 Å².